The fourth-order valence-electron chi connectivity index (χ4n) is 7.61. The predicted molar refractivity (Wildman–Crippen MR) is 215 cm³/mol. The van der Waals surface area contributed by atoms with Crippen LogP contribution in [0.5, 0.6) is 0 Å². The molecule has 7 aromatic carbocycles. The van der Waals surface area contributed by atoms with Gasteiger partial charge in [-0.3, -0.25) is 0 Å². The molecule has 0 saturated carbocycles. The van der Waals surface area contributed by atoms with Gasteiger partial charge in [0.15, 0.2) is 0 Å². The van der Waals surface area contributed by atoms with Crippen molar-refractivity contribution in [2.75, 3.05) is 0 Å². The van der Waals surface area contributed by atoms with Crippen molar-refractivity contribution in [2.45, 2.75) is 0 Å². The monoisotopic (exact) mass is 649 g/mol. The summed E-state index contributed by atoms with van der Waals surface area (Å²) in [4.78, 5) is 0. The summed E-state index contributed by atoms with van der Waals surface area (Å²) in [7, 11) is 0. The number of hydrogen-bond acceptors (Lipinski definition) is 1. The van der Waals surface area contributed by atoms with E-state index in [1.165, 1.54) is 43.7 Å². The first kappa shape index (κ1) is 29.1. The largest absolute Gasteiger partial charge is 0.456 e. The molecule has 0 aliphatic heterocycles. The first-order valence-corrected chi connectivity index (χ1v) is 17.3. The maximum atomic E-state index is 6.44. The van der Waals surface area contributed by atoms with E-state index in [4.69, 9.17) is 4.42 Å². The van der Waals surface area contributed by atoms with Crippen LogP contribution in [0.15, 0.2) is 186 Å². The van der Waals surface area contributed by atoms with Gasteiger partial charge in [-0.05, 0) is 98.8 Å². The zero-order valence-corrected chi connectivity index (χ0v) is 27.8. The fourth-order valence-corrected chi connectivity index (χ4v) is 7.61. The molecule has 0 spiro atoms. The maximum Gasteiger partial charge on any atom is 0.136 e. The second-order valence-electron chi connectivity index (χ2n) is 13.1. The predicted octanol–water partition coefficient (Wildman–Crippen LogP) is 13.2. The van der Waals surface area contributed by atoms with E-state index in [1.807, 2.05) is 18.2 Å². The van der Waals surface area contributed by atoms with E-state index >= 15 is 0 Å². The van der Waals surface area contributed by atoms with E-state index in [2.05, 4.69) is 180 Å². The molecule has 0 unspecified atom stereocenters. The second-order valence-corrected chi connectivity index (χ2v) is 13.1. The summed E-state index contributed by atoms with van der Waals surface area (Å²) in [6.45, 7) is 0. The number of allylic oxidation sites excluding steroid dienone is 3. The van der Waals surface area contributed by atoms with Gasteiger partial charge in [-0.2, -0.15) is 0 Å². The minimum absolute atomic E-state index is 0.837. The quantitative estimate of drug-likeness (QED) is 0.134. The van der Waals surface area contributed by atoms with Crippen molar-refractivity contribution in [3.8, 4) is 16.8 Å². The summed E-state index contributed by atoms with van der Waals surface area (Å²) >= 11 is 0. The maximum absolute atomic E-state index is 6.44. The molecular formula is C49H31NO. The summed E-state index contributed by atoms with van der Waals surface area (Å²) in [5.74, 6) is 0.837. The van der Waals surface area contributed by atoms with Crippen molar-refractivity contribution in [3.05, 3.63) is 204 Å². The lowest BCUT2D eigenvalue weighted by Gasteiger charge is -2.15. The molecule has 51 heavy (non-hydrogen) atoms. The molecule has 0 fully saturated rings. The first-order valence-electron chi connectivity index (χ1n) is 17.3. The van der Waals surface area contributed by atoms with Crippen LogP contribution in [-0.2, 0) is 0 Å². The van der Waals surface area contributed by atoms with Crippen LogP contribution in [0.1, 0.15) is 22.5 Å². The Labute approximate surface area is 295 Å². The molecule has 10 rings (SSSR count). The molecule has 0 saturated heterocycles. The van der Waals surface area contributed by atoms with Crippen LogP contribution in [0, 0.1) is 0 Å². The summed E-state index contributed by atoms with van der Waals surface area (Å²) in [6.07, 6.45) is 8.60. The highest BCUT2D eigenvalue weighted by Crippen LogP contribution is 2.39. The minimum Gasteiger partial charge on any atom is -0.456 e. The van der Waals surface area contributed by atoms with Gasteiger partial charge in [0.2, 0.25) is 0 Å². The Morgan fingerprint density at radius 2 is 1.24 bits per heavy atom. The second kappa shape index (κ2) is 11.9. The molecule has 2 aromatic heterocycles. The van der Waals surface area contributed by atoms with Gasteiger partial charge in [0.05, 0.1) is 11.0 Å². The average Bonchev–Trinajstić information content (AvgIpc) is 3.63. The van der Waals surface area contributed by atoms with Gasteiger partial charge >= 0.3 is 0 Å². The number of fused-ring (bicyclic) bond motifs is 7. The zero-order valence-electron chi connectivity index (χ0n) is 27.8. The number of rotatable bonds is 5. The van der Waals surface area contributed by atoms with E-state index in [0.717, 1.165) is 50.3 Å². The minimum atomic E-state index is 0.837. The summed E-state index contributed by atoms with van der Waals surface area (Å²) in [6, 6.07) is 58.4. The molecule has 0 N–H and O–H groups in total. The van der Waals surface area contributed by atoms with Gasteiger partial charge in [0, 0.05) is 27.4 Å². The van der Waals surface area contributed by atoms with Gasteiger partial charge in [0.25, 0.3) is 0 Å². The lowest BCUT2D eigenvalue weighted by atomic mass is 9.90. The van der Waals surface area contributed by atoms with Crippen molar-refractivity contribution in [2.24, 2.45) is 0 Å². The molecular weight excluding hydrogens is 619 g/mol. The highest BCUT2D eigenvalue weighted by atomic mass is 16.3. The fraction of sp³-hybridized carbons (Fsp3) is 0. The third-order valence-electron chi connectivity index (χ3n) is 10.0. The van der Waals surface area contributed by atoms with Crippen molar-refractivity contribution in [1.82, 2.24) is 4.57 Å². The Balaban J connectivity index is 1.19. The highest BCUT2D eigenvalue weighted by molar-refractivity contribution is 6.10. The van der Waals surface area contributed by atoms with E-state index in [-0.39, 0.29) is 0 Å². The standard InChI is InChI=1S/C49H31NO/c1-2-12-34(13-3-1)35-26-24-33(25-27-35)30-44(37-15-11-20-43-42-18-6-9-23-48(42)51-49(43)31-37)39-19-10-14-36-28-29-38(32-45(36)39)50-46-21-7-4-16-40(46)41-17-5-8-22-47(41)50/h1-10,12-32H/b44-30-. The zero-order chi connectivity index (χ0) is 33.7. The molecule has 2 heteroatoms. The van der Waals surface area contributed by atoms with Gasteiger partial charge in [-0.1, -0.05) is 133 Å². The number of benzene rings is 7. The van der Waals surface area contributed by atoms with Crippen LogP contribution in [0.25, 0.3) is 84.2 Å². The third kappa shape index (κ3) is 4.98. The van der Waals surface area contributed by atoms with E-state index in [0.29, 0.717) is 0 Å². The van der Waals surface area contributed by atoms with Crippen molar-refractivity contribution in [3.63, 3.8) is 0 Å². The van der Waals surface area contributed by atoms with Crippen molar-refractivity contribution in [1.29, 1.82) is 0 Å². The van der Waals surface area contributed by atoms with Crippen molar-refractivity contribution < 1.29 is 4.42 Å². The summed E-state index contributed by atoms with van der Waals surface area (Å²) < 4.78 is 8.83. The van der Waals surface area contributed by atoms with E-state index in [1.54, 1.807) is 0 Å². The normalized spacial score (nSPS) is 12.9. The molecule has 2 heterocycles. The van der Waals surface area contributed by atoms with Crippen LogP contribution in [0.4, 0.5) is 0 Å². The molecule has 9 aromatic rings. The van der Waals surface area contributed by atoms with Crippen LogP contribution in [-0.4, -0.2) is 4.57 Å². The Morgan fingerprint density at radius 1 is 0.549 bits per heavy atom. The topological polar surface area (TPSA) is 18.1 Å². The Hall–Kier alpha value is -6.86. The molecule has 2 nitrogen and oxygen atoms in total. The lowest BCUT2D eigenvalue weighted by molar-refractivity contribution is 0.603. The number of nitrogens with zero attached hydrogens (tertiary/aromatic N) is 1. The molecule has 0 amide bonds. The third-order valence-corrected chi connectivity index (χ3v) is 10.0. The average molecular weight is 650 g/mol. The van der Waals surface area contributed by atoms with E-state index < -0.39 is 0 Å². The molecule has 1 aliphatic carbocycles. The molecule has 1 aliphatic rings. The number of hydrogen-bond donors (Lipinski definition) is 0. The molecule has 238 valence electrons. The summed E-state index contributed by atoms with van der Waals surface area (Å²) in [5, 5.41) is 5.96. The van der Waals surface area contributed by atoms with Crippen LogP contribution < -0.4 is 0 Å². The van der Waals surface area contributed by atoms with Crippen LogP contribution in [0.3, 0.4) is 0 Å². The van der Waals surface area contributed by atoms with Crippen molar-refractivity contribution >= 4 is 67.3 Å². The Kier molecular flexibility index (Phi) is 6.80. The molecule has 0 radical (unpaired) electrons. The lowest BCUT2D eigenvalue weighted by Crippen LogP contribution is -1.96. The number of para-hydroxylation sites is 3. The van der Waals surface area contributed by atoms with Crippen LogP contribution in [0.2, 0.25) is 0 Å². The number of aromatic nitrogens is 1. The van der Waals surface area contributed by atoms with Gasteiger partial charge in [0.1, 0.15) is 11.3 Å². The van der Waals surface area contributed by atoms with Crippen LogP contribution >= 0.6 is 0 Å². The van der Waals surface area contributed by atoms with Gasteiger partial charge in [-0.15, -0.1) is 5.73 Å². The Morgan fingerprint density at radius 3 is 2.02 bits per heavy atom. The van der Waals surface area contributed by atoms with E-state index in [9.17, 15) is 0 Å². The van der Waals surface area contributed by atoms with Gasteiger partial charge in [-0.25, -0.2) is 0 Å². The number of furan rings is 1. The molecule has 0 bridgehead atoms. The SMILES string of the molecule is C1=CC(/C(=C/c2ccc(-c3ccccc3)cc2)c2cccc3ccc(-n4c5ccccc5c5ccccc54)cc23)=Cc2oc3ccccc3c2C=1. The smallest absolute Gasteiger partial charge is 0.136 e. The Bertz CT molecular complexity index is 2870. The molecule has 0 atom stereocenters. The highest BCUT2D eigenvalue weighted by Gasteiger charge is 2.18. The summed E-state index contributed by atoms with van der Waals surface area (Å²) in [5.41, 5.74) is 15.7. The van der Waals surface area contributed by atoms with Gasteiger partial charge < -0.3 is 8.98 Å². The first-order chi connectivity index (χ1) is 25.3.